The SMILES string of the molecule is Cc1c(N)cccc1NC(=O)CN1C(=O)CC(C)C1=O. The van der Waals surface area contributed by atoms with Crippen LogP contribution in [0.5, 0.6) is 0 Å². The molecule has 1 aromatic carbocycles. The quantitative estimate of drug-likeness (QED) is 0.633. The van der Waals surface area contributed by atoms with Crippen LogP contribution in [0.4, 0.5) is 11.4 Å². The molecular weight excluding hydrogens is 258 g/mol. The fourth-order valence-electron chi connectivity index (χ4n) is 2.14. The molecule has 0 aromatic heterocycles. The summed E-state index contributed by atoms with van der Waals surface area (Å²) in [5.74, 6) is -1.35. The Morgan fingerprint density at radius 1 is 1.45 bits per heavy atom. The van der Waals surface area contributed by atoms with E-state index in [1.807, 2.05) is 0 Å². The maximum Gasteiger partial charge on any atom is 0.244 e. The molecule has 20 heavy (non-hydrogen) atoms. The molecule has 6 nitrogen and oxygen atoms in total. The number of anilines is 2. The summed E-state index contributed by atoms with van der Waals surface area (Å²) in [6, 6.07) is 5.19. The Kier molecular flexibility index (Phi) is 3.74. The van der Waals surface area contributed by atoms with Crippen LogP contribution in [-0.4, -0.2) is 29.2 Å². The van der Waals surface area contributed by atoms with Crippen LogP contribution in [0.25, 0.3) is 0 Å². The Hall–Kier alpha value is -2.37. The molecule has 1 fully saturated rings. The van der Waals surface area contributed by atoms with Crippen molar-refractivity contribution in [2.75, 3.05) is 17.6 Å². The van der Waals surface area contributed by atoms with Crippen molar-refractivity contribution in [3.63, 3.8) is 0 Å². The lowest BCUT2D eigenvalue weighted by atomic mass is 10.1. The van der Waals surface area contributed by atoms with Gasteiger partial charge in [0.15, 0.2) is 0 Å². The van der Waals surface area contributed by atoms with Gasteiger partial charge in [-0.25, -0.2) is 0 Å². The first-order valence-corrected chi connectivity index (χ1v) is 6.39. The summed E-state index contributed by atoms with van der Waals surface area (Å²) >= 11 is 0. The monoisotopic (exact) mass is 275 g/mol. The molecule has 3 amide bonds. The molecule has 1 aliphatic heterocycles. The number of benzene rings is 1. The normalized spacial score (nSPS) is 18.5. The number of nitrogens with zero attached hydrogens (tertiary/aromatic N) is 1. The van der Waals surface area contributed by atoms with Gasteiger partial charge in [0.1, 0.15) is 6.54 Å². The Bertz CT molecular complexity index is 583. The molecule has 0 saturated carbocycles. The van der Waals surface area contributed by atoms with Crippen molar-refractivity contribution in [3.05, 3.63) is 23.8 Å². The summed E-state index contributed by atoms with van der Waals surface area (Å²) < 4.78 is 0. The van der Waals surface area contributed by atoms with Gasteiger partial charge < -0.3 is 11.1 Å². The van der Waals surface area contributed by atoms with Crippen molar-refractivity contribution in [3.8, 4) is 0 Å². The van der Waals surface area contributed by atoms with Gasteiger partial charge in [-0.2, -0.15) is 0 Å². The Labute approximate surface area is 116 Å². The van der Waals surface area contributed by atoms with Gasteiger partial charge in [-0.05, 0) is 24.6 Å². The zero-order valence-electron chi connectivity index (χ0n) is 11.5. The summed E-state index contributed by atoms with van der Waals surface area (Å²) in [5.41, 5.74) is 7.67. The molecule has 1 unspecified atom stereocenters. The molecule has 6 heteroatoms. The van der Waals surface area contributed by atoms with Gasteiger partial charge in [-0.3, -0.25) is 19.3 Å². The van der Waals surface area contributed by atoms with E-state index in [0.717, 1.165) is 10.5 Å². The number of hydrogen-bond donors (Lipinski definition) is 2. The maximum atomic E-state index is 11.9. The molecular formula is C14H17N3O3. The van der Waals surface area contributed by atoms with Gasteiger partial charge in [0.05, 0.1) is 0 Å². The van der Waals surface area contributed by atoms with Gasteiger partial charge in [-0.1, -0.05) is 13.0 Å². The van der Waals surface area contributed by atoms with E-state index >= 15 is 0 Å². The number of nitrogens with two attached hydrogens (primary N) is 1. The third kappa shape index (κ3) is 2.64. The second-order valence-electron chi connectivity index (χ2n) is 4.99. The number of rotatable bonds is 3. The zero-order valence-corrected chi connectivity index (χ0v) is 11.5. The molecule has 1 atom stereocenters. The topological polar surface area (TPSA) is 92.5 Å². The van der Waals surface area contributed by atoms with E-state index in [-0.39, 0.29) is 30.7 Å². The van der Waals surface area contributed by atoms with E-state index in [0.29, 0.717) is 11.4 Å². The van der Waals surface area contributed by atoms with Crippen LogP contribution in [0.2, 0.25) is 0 Å². The third-order valence-corrected chi connectivity index (χ3v) is 3.42. The first kappa shape index (κ1) is 14.0. The number of imide groups is 1. The lowest BCUT2D eigenvalue weighted by molar-refractivity contribution is -0.142. The minimum atomic E-state index is -0.408. The van der Waals surface area contributed by atoms with Crippen LogP contribution in [0, 0.1) is 12.8 Å². The molecule has 0 spiro atoms. The van der Waals surface area contributed by atoms with Crippen molar-refractivity contribution in [2.24, 2.45) is 5.92 Å². The van der Waals surface area contributed by atoms with Crippen molar-refractivity contribution >= 4 is 29.1 Å². The fraction of sp³-hybridized carbons (Fsp3) is 0.357. The smallest absolute Gasteiger partial charge is 0.244 e. The standard InChI is InChI=1S/C14H17N3O3/c1-8-6-13(19)17(14(8)20)7-12(18)16-11-5-3-4-10(15)9(11)2/h3-5,8H,6-7,15H2,1-2H3,(H,16,18). The Balaban J connectivity index is 2.05. The highest BCUT2D eigenvalue weighted by Gasteiger charge is 2.36. The van der Waals surface area contributed by atoms with Gasteiger partial charge >= 0.3 is 0 Å². The second kappa shape index (κ2) is 5.32. The Morgan fingerprint density at radius 3 is 2.75 bits per heavy atom. The van der Waals surface area contributed by atoms with Crippen molar-refractivity contribution in [1.29, 1.82) is 0 Å². The number of nitrogen functional groups attached to an aromatic ring is 1. The third-order valence-electron chi connectivity index (χ3n) is 3.42. The summed E-state index contributed by atoms with van der Waals surface area (Å²) in [5, 5.41) is 2.67. The van der Waals surface area contributed by atoms with Crippen molar-refractivity contribution in [1.82, 2.24) is 4.90 Å². The molecule has 0 radical (unpaired) electrons. The molecule has 1 aliphatic rings. The van der Waals surface area contributed by atoms with Gasteiger partial charge in [-0.15, -0.1) is 0 Å². The number of nitrogens with one attached hydrogen (secondary N) is 1. The van der Waals surface area contributed by atoms with Crippen LogP contribution in [0.3, 0.4) is 0 Å². The highest BCUT2D eigenvalue weighted by atomic mass is 16.2. The molecule has 1 heterocycles. The molecule has 1 aromatic rings. The van der Waals surface area contributed by atoms with Crippen LogP contribution < -0.4 is 11.1 Å². The molecule has 106 valence electrons. The maximum absolute atomic E-state index is 11.9. The number of amides is 3. The van der Waals surface area contributed by atoms with Crippen LogP contribution in [-0.2, 0) is 14.4 Å². The lowest BCUT2D eigenvalue weighted by Gasteiger charge is -2.15. The predicted octanol–water partition coefficient (Wildman–Crippen LogP) is 0.911. The average Bonchev–Trinajstić information content (AvgIpc) is 2.62. The van der Waals surface area contributed by atoms with Crippen LogP contribution in [0.15, 0.2) is 18.2 Å². The highest BCUT2D eigenvalue weighted by Crippen LogP contribution is 2.21. The van der Waals surface area contributed by atoms with Gasteiger partial charge in [0, 0.05) is 23.7 Å². The van der Waals surface area contributed by atoms with Crippen LogP contribution >= 0.6 is 0 Å². The number of carbonyl (C=O) groups is 3. The summed E-state index contributed by atoms with van der Waals surface area (Å²) in [4.78, 5) is 36.3. The highest BCUT2D eigenvalue weighted by molar-refractivity contribution is 6.07. The van der Waals surface area contributed by atoms with Crippen LogP contribution in [0.1, 0.15) is 18.9 Å². The first-order valence-electron chi connectivity index (χ1n) is 6.39. The van der Waals surface area contributed by atoms with Gasteiger partial charge in [0.2, 0.25) is 17.7 Å². The number of likely N-dealkylation sites (tertiary alicyclic amines) is 1. The summed E-state index contributed by atoms with van der Waals surface area (Å²) in [6.07, 6.45) is 0.170. The molecule has 1 saturated heterocycles. The minimum absolute atomic E-state index is 0.170. The predicted molar refractivity (Wildman–Crippen MR) is 74.7 cm³/mol. The zero-order chi connectivity index (χ0) is 14.9. The van der Waals surface area contributed by atoms with E-state index < -0.39 is 5.91 Å². The van der Waals surface area contributed by atoms with E-state index in [4.69, 9.17) is 5.73 Å². The van der Waals surface area contributed by atoms with Crippen molar-refractivity contribution in [2.45, 2.75) is 20.3 Å². The average molecular weight is 275 g/mol. The van der Waals surface area contributed by atoms with E-state index in [1.165, 1.54) is 0 Å². The first-order chi connectivity index (χ1) is 9.40. The summed E-state index contributed by atoms with van der Waals surface area (Å²) in [6.45, 7) is 3.22. The minimum Gasteiger partial charge on any atom is -0.398 e. The molecule has 2 rings (SSSR count). The second-order valence-corrected chi connectivity index (χ2v) is 4.99. The lowest BCUT2D eigenvalue weighted by Crippen LogP contribution is -2.37. The van der Waals surface area contributed by atoms with Crippen molar-refractivity contribution < 1.29 is 14.4 Å². The van der Waals surface area contributed by atoms with Gasteiger partial charge in [0.25, 0.3) is 0 Å². The van der Waals surface area contributed by atoms with E-state index in [9.17, 15) is 14.4 Å². The molecule has 3 N–H and O–H groups in total. The Morgan fingerprint density at radius 2 is 2.15 bits per heavy atom. The van der Waals surface area contributed by atoms with E-state index in [2.05, 4.69) is 5.32 Å². The molecule has 0 bridgehead atoms. The largest absolute Gasteiger partial charge is 0.398 e. The fourth-order valence-corrected chi connectivity index (χ4v) is 2.14. The molecule has 0 aliphatic carbocycles. The summed E-state index contributed by atoms with van der Waals surface area (Å²) in [7, 11) is 0. The number of hydrogen-bond acceptors (Lipinski definition) is 4. The number of carbonyl (C=O) groups excluding carboxylic acids is 3. The van der Waals surface area contributed by atoms with E-state index in [1.54, 1.807) is 32.0 Å².